The Morgan fingerprint density at radius 3 is 2.65 bits per heavy atom. The zero-order valence-electron chi connectivity index (χ0n) is 11.6. The number of halogens is 2. The molecule has 2 atom stereocenters. The Kier molecular flexibility index (Phi) is 4.01. The lowest BCUT2D eigenvalue weighted by Crippen LogP contribution is -2.48. The molecule has 0 aromatic heterocycles. The molecule has 20 heavy (non-hydrogen) atoms. The number of morpholine rings is 1. The molecule has 1 aliphatic carbocycles. The average molecular weight is 282 g/mol. The molecule has 1 aromatic carbocycles. The summed E-state index contributed by atoms with van der Waals surface area (Å²) in [7, 11) is 1.89. The van der Waals surface area contributed by atoms with Crippen molar-refractivity contribution in [3.05, 3.63) is 35.4 Å². The Balaban J connectivity index is 1.84. The third-order valence-electron chi connectivity index (χ3n) is 4.08. The van der Waals surface area contributed by atoms with Crippen molar-refractivity contribution >= 4 is 0 Å². The van der Waals surface area contributed by atoms with Crippen LogP contribution in [-0.4, -0.2) is 43.8 Å². The highest BCUT2D eigenvalue weighted by atomic mass is 19.1. The SMILES string of the molecule is CN1CCOC(CNC2CC2)C1c1c(F)cccc1F. The van der Waals surface area contributed by atoms with Crippen LogP contribution in [0.3, 0.4) is 0 Å². The molecule has 2 unspecified atom stereocenters. The van der Waals surface area contributed by atoms with Crippen molar-refractivity contribution in [1.82, 2.24) is 10.2 Å². The van der Waals surface area contributed by atoms with Crippen LogP contribution in [0.15, 0.2) is 18.2 Å². The van der Waals surface area contributed by atoms with Crippen molar-refractivity contribution in [3.8, 4) is 0 Å². The first-order valence-corrected chi connectivity index (χ1v) is 7.16. The first-order chi connectivity index (χ1) is 9.66. The summed E-state index contributed by atoms with van der Waals surface area (Å²) in [6.45, 7) is 1.91. The fourth-order valence-corrected chi connectivity index (χ4v) is 2.80. The van der Waals surface area contributed by atoms with Gasteiger partial charge < -0.3 is 10.1 Å². The maximum Gasteiger partial charge on any atom is 0.131 e. The second kappa shape index (κ2) is 5.76. The van der Waals surface area contributed by atoms with Gasteiger partial charge in [-0.05, 0) is 32.0 Å². The molecule has 3 nitrogen and oxygen atoms in total. The van der Waals surface area contributed by atoms with Crippen LogP contribution in [-0.2, 0) is 4.74 Å². The standard InChI is InChI=1S/C15H20F2N2O/c1-19-7-8-20-13(9-18-10-5-6-10)15(19)14-11(16)3-2-4-12(14)17/h2-4,10,13,15,18H,5-9H2,1H3. The molecule has 0 spiro atoms. The number of ether oxygens (including phenoxy) is 1. The molecule has 1 aliphatic heterocycles. The van der Waals surface area contributed by atoms with E-state index in [1.165, 1.54) is 31.0 Å². The molecule has 0 radical (unpaired) electrons. The lowest BCUT2D eigenvalue weighted by atomic mass is 9.97. The first kappa shape index (κ1) is 13.9. The predicted octanol–water partition coefficient (Wildman–Crippen LogP) is 2.09. The van der Waals surface area contributed by atoms with Crippen molar-refractivity contribution in [1.29, 1.82) is 0 Å². The number of benzene rings is 1. The summed E-state index contributed by atoms with van der Waals surface area (Å²) in [4.78, 5) is 1.98. The number of hydrogen-bond donors (Lipinski definition) is 1. The highest BCUT2D eigenvalue weighted by Gasteiger charge is 2.36. The normalized spacial score (nSPS) is 27.8. The molecule has 2 fully saturated rings. The quantitative estimate of drug-likeness (QED) is 0.915. The van der Waals surface area contributed by atoms with Crippen LogP contribution in [0.2, 0.25) is 0 Å². The topological polar surface area (TPSA) is 24.5 Å². The van der Waals surface area contributed by atoms with Gasteiger partial charge in [-0.2, -0.15) is 0 Å². The number of likely N-dealkylation sites (N-methyl/N-ethyl adjacent to an activating group) is 1. The van der Waals surface area contributed by atoms with Gasteiger partial charge >= 0.3 is 0 Å². The maximum absolute atomic E-state index is 14.1. The number of rotatable bonds is 4. The van der Waals surface area contributed by atoms with Gasteiger partial charge in [0.1, 0.15) is 11.6 Å². The molecule has 1 saturated heterocycles. The summed E-state index contributed by atoms with van der Waals surface area (Å²) >= 11 is 0. The molecule has 1 aromatic rings. The Morgan fingerprint density at radius 2 is 2.00 bits per heavy atom. The van der Waals surface area contributed by atoms with E-state index < -0.39 is 11.6 Å². The molecule has 2 aliphatic rings. The molecule has 1 saturated carbocycles. The van der Waals surface area contributed by atoms with Crippen LogP contribution in [0.1, 0.15) is 24.4 Å². The molecule has 0 amide bonds. The Labute approximate surface area is 117 Å². The molecule has 110 valence electrons. The largest absolute Gasteiger partial charge is 0.374 e. The summed E-state index contributed by atoms with van der Waals surface area (Å²) in [6, 6.07) is 4.20. The van der Waals surface area contributed by atoms with E-state index in [0.29, 0.717) is 25.7 Å². The third kappa shape index (κ3) is 2.85. The van der Waals surface area contributed by atoms with E-state index in [1.54, 1.807) is 0 Å². The van der Waals surface area contributed by atoms with Gasteiger partial charge in [-0.15, -0.1) is 0 Å². The maximum atomic E-state index is 14.1. The van der Waals surface area contributed by atoms with Crippen LogP contribution in [0.4, 0.5) is 8.78 Å². The van der Waals surface area contributed by atoms with Crippen LogP contribution >= 0.6 is 0 Å². The summed E-state index contributed by atoms with van der Waals surface area (Å²) in [5, 5.41) is 3.39. The van der Waals surface area contributed by atoms with Gasteiger partial charge in [-0.3, -0.25) is 4.90 Å². The van der Waals surface area contributed by atoms with Crippen molar-refractivity contribution in [2.24, 2.45) is 0 Å². The smallest absolute Gasteiger partial charge is 0.131 e. The minimum Gasteiger partial charge on any atom is -0.374 e. The van der Waals surface area contributed by atoms with Gasteiger partial charge in [0.25, 0.3) is 0 Å². The van der Waals surface area contributed by atoms with Crippen LogP contribution in [0, 0.1) is 11.6 Å². The fraction of sp³-hybridized carbons (Fsp3) is 0.600. The molecule has 1 heterocycles. The van der Waals surface area contributed by atoms with E-state index in [-0.39, 0.29) is 17.7 Å². The van der Waals surface area contributed by atoms with E-state index in [0.717, 1.165) is 0 Å². The number of nitrogens with zero attached hydrogens (tertiary/aromatic N) is 1. The molecule has 0 bridgehead atoms. The number of nitrogens with one attached hydrogen (secondary N) is 1. The monoisotopic (exact) mass is 282 g/mol. The molecule has 1 N–H and O–H groups in total. The highest BCUT2D eigenvalue weighted by molar-refractivity contribution is 5.25. The summed E-state index contributed by atoms with van der Waals surface area (Å²) in [5.74, 6) is -0.993. The van der Waals surface area contributed by atoms with Gasteiger partial charge in [-0.1, -0.05) is 6.07 Å². The van der Waals surface area contributed by atoms with Crippen molar-refractivity contribution in [2.75, 3.05) is 26.7 Å². The van der Waals surface area contributed by atoms with Crippen molar-refractivity contribution in [2.45, 2.75) is 31.0 Å². The van der Waals surface area contributed by atoms with Crippen LogP contribution < -0.4 is 5.32 Å². The van der Waals surface area contributed by atoms with E-state index in [4.69, 9.17) is 4.74 Å². The zero-order valence-corrected chi connectivity index (χ0v) is 11.6. The Bertz CT molecular complexity index is 459. The van der Waals surface area contributed by atoms with Gasteiger partial charge in [0.05, 0.1) is 18.8 Å². The molecule has 5 heteroatoms. The Morgan fingerprint density at radius 1 is 1.30 bits per heavy atom. The third-order valence-corrected chi connectivity index (χ3v) is 4.08. The van der Waals surface area contributed by atoms with E-state index in [9.17, 15) is 8.78 Å². The van der Waals surface area contributed by atoms with Gasteiger partial charge in [0.15, 0.2) is 0 Å². The summed E-state index contributed by atoms with van der Waals surface area (Å²) in [5.41, 5.74) is 0.122. The fourth-order valence-electron chi connectivity index (χ4n) is 2.80. The first-order valence-electron chi connectivity index (χ1n) is 7.16. The van der Waals surface area contributed by atoms with E-state index in [2.05, 4.69) is 5.32 Å². The zero-order chi connectivity index (χ0) is 14.1. The van der Waals surface area contributed by atoms with Gasteiger partial charge in [0.2, 0.25) is 0 Å². The molecular formula is C15H20F2N2O. The van der Waals surface area contributed by atoms with Crippen molar-refractivity contribution in [3.63, 3.8) is 0 Å². The lowest BCUT2D eigenvalue weighted by molar-refractivity contribution is -0.0635. The van der Waals surface area contributed by atoms with Crippen LogP contribution in [0.5, 0.6) is 0 Å². The summed E-state index contributed by atoms with van der Waals surface area (Å²) < 4.78 is 33.9. The van der Waals surface area contributed by atoms with E-state index in [1.807, 2.05) is 11.9 Å². The number of hydrogen-bond acceptors (Lipinski definition) is 3. The molecule has 3 rings (SSSR count). The summed E-state index contributed by atoms with van der Waals surface area (Å²) in [6.07, 6.45) is 2.14. The second-order valence-corrected chi connectivity index (χ2v) is 5.65. The van der Waals surface area contributed by atoms with Gasteiger partial charge in [0, 0.05) is 24.7 Å². The van der Waals surface area contributed by atoms with E-state index >= 15 is 0 Å². The highest BCUT2D eigenvalue weighted by Crippen LogP contribution is 2.32. The predicted molar refractivity (Wildman–Crippen MR) is 72.5 cm³/mol. The van der Waals surface area contributed by atoms with Crippen molar-refractivity contribution < 1.29 is 13.5 Å². The van der Waals surface area contributed by atoms with Crippen LogP contribution in [0.25, 0.3) is 0 Å². The molecular weight excluding hydrogens is 262 g/mol. The lowest BCUT2D eigenvalue weighted by Gasteiger charge is -2.39. The Hall–Kier alpha value is -1.04. The van der Waals surface area contributed by atoms with Gasteiger partial charge in [-0.25, -0.2) is 8.78 Å². The minimum atomic E-state index is -0.497. The minimum absolute atomic E-state index is 0.122. The second-order valence-electron chi connectivity index (χ2n) is 5.65. The average Bonchev–Trinajstić information content (AvgIpc) is 3.22.